The van der Waals surface area contributed by atoms with Gasteiger partial charge in [0, 0.05) is 18.7 Å². The lowest BCUT2D eigenvalue weighted by atomic mass is 10.1. The number of rotatable bonds is 5. The highest BCUT2D eigenvalue weighted by atomic mass is 32.2. The van der Waals surface area contributed by atoms with E-state index in [1.54, 1.807) is 26.0 Å². The van der Waals surface area contributed by atoms with E-state index < -0.39 is 10.0 Å². The van der Waals surface area contributed by atoms with E-state index in [0.29, 0.717) is 12.1 Å². The zero-order chi connectivity index (χ0) is 15.2. The van der Waals surface area contributed by atoms with Crippen LogP contribution in [0.2, 0.25) is 0 Å². The summed E-state index contributed by atoms with van der Waals surface area (Å²) in [5.74, 6) is 5.29. The first kappa shape index (κ1) is 16.7. The molecule has 110 valence electrons. The second-order valence-corrected chi connectivity index (χ2v) is 6.09. The van der Waals surface area contributed by atoms with Crippen molar-refractivity contribution in [1.82, 2.24) is 4.31 Å². The normalized spacial score (nSPS) is 11.2. The van der Waals surface area contributed by atoms with Crippen molar-refractivity contribution in [3.8, 4) is 11.8 Å². The molecule has 0 aliphatic carbocycles. The van der Waals surface area contributed by atoms with Crippen LogP contribution in [0, 0.1) is 18.8 Å². The Morgan fingerprint density at radius 3 is 2.50 bits per heavy atom. The summed E-state index contributed by atoms with van der Waals surface area (Å²) in [5.41, 5.74) is 1.41. The largest absolute Gasteiger partial charge is 0.395 e. The van der Waals surface area contributed by atoms with Crippen molar-refractivity contribution in [2.75, 3.05) is 26.3 Å². The number of hydrogen-bond donors (Lipinski definition) is 2. The molecule has 0 saturated carbocycles. The summed E-state index contributed by atoms with van der Waals surface area (Å²) in [6.07, 6.45) is 0. The first-order valence-corrected chi connectivity index (χ1v) is 7.72. The monoisotopic (exact) mass is 297 g/mol. The smallest absolute Gasteiger partial charge is 0.243 e. The molecule has 0 fully saturated rings. The first-order valence-electron chi connectivity index (χ1n) is 6.28. The maximum Gasteiger partial charge on any atom is 0.243 e. The highest BCUT2D eigenvalue weighted by molar-refractivity contribution is 7.89. The van der Waals surface area contributed by atoms with Crippen molar-refractivity contribution < 1.29 is 18.6 Å². The lowest BCUT2D eigenvalue weighted by molar-refractivity contribution is 0.257. The predicted molar refractivity (Wildman–Crippen MR) is 76.7 cm³/mol. The first-order chi connectivity index (χ1) is 9.47. The number of aliphatic hydroxyl groups excluding tert-OH is 2. The number of benzene rings is 1. The Hall–Kier alpha value is -1.39. The van der Waals surface area contributed by atoms with Crippen LogP contribution in [0.5, 0.6) is 0 Å². The molecule has 20 heavy (non-hydrogen) atoms. The summed E-state index contributed by atoms with van der Waals surface area (Å²) in [6.45, 7) is 3.41. The van der Waals surface area contributed by atoms with Gasteiger partial charge in [0.15, 0.2) is 0 Å². The summed E-state index contributed by atoms with van der Waals surface area (Å²) in [7, 11) is -3.60. The number of aryl methyl sites for hydroxylation is 1. The third-order valence-corrected chi connectivity index (χ3v) is 4.81. The Morgan fingerprint density at radius 1 is 1.30 bits per heavy atom. The summed E-state index contributed by atoms with van der Waals surface area (Å²) < 4.78 is 26.0. The van der Waals surface area contributed by atoms with Crippen LogP contribution >= 0.6 is 0 Å². The highest BCUT2D eigenvalue weighted by Crippen LogP contribution is 2.18. The highest BCUT2D eigenvalue weighted by Gasteiger charge is 2.22. The van der Waals surface area contributed by atoms with Crippen LogP contribution in [-0.2, 0) is 10.0 Å². The van der Waals surface area contributed by atoms with Gasteiger partial charge in [-0.3, -0.25) is 0 Å². The van der Waals surface area contributed by atoms with Gasteiger partial charge >= 0.3 is 0 Å². The number of aliphatic hydroxyl groups is 2. The topological polar surface area (TPSA) is 77.8 Å². The van der Waals surface area contributed by atoms with E-state index in [1.165, 1.54) is 10.4 Å². The van der Waals surface area contributed by atoms with E-state index in [9.17, 15) is 8.42 Å². The van der Waals surface area contributed by atoms with Crippen molar-refractivity contribution in [1.29, 1.82) is 0 Å². The van der Waals surface area contributed by atoms with E-state index in [0.717, 1.165) is 5.56 Å². The molecule has 6 heteroatoms. The Morgan fingerprint density at radius 2 is 2.00 bits per heavy atom. The molecule has 0 bridgehead atoms. The van der Waals surface area contributed by atoms with Crippen molar-refractivity contribution in [3.63, 3.8) is 0 Å². The number of hydrogen-bond acceptors (Lipinski definition) is 4. The van der Waals surface area contributed by atoms with Crippen LogP contribution in [0.1, 0.15) is 18.1 Å². The van der Waals surface area contributed by atoms with Crippen LogP contribution in [0.15, 0.2) is 23.1 Å². The molecule has 0 aromatic heterocycles. The van der Waals surface area contributed by atoms with Gasteiger partial charge in [-0.1, -0.05) is 18.8 Å². The Bertz CT molecular complexity index is 614. The fraction of sp³-hybridized carbons (Fsp3) is 0.429. The summed E-state index contributed by atoms with van der Waals surface area (Å²) >= 11 is 0. The molecule has 2 N–H and O–H groups in total. The van der Waals surface area contributed by atoms with Crippen molar-refractivity contribution in [2.24, 2.45) is 0 Å². The van der Waals surface area contributed by atoms with Crippen LogP contribution in [0.3, 0.4) is 0 Å². The molecule has 0 atom stereocenters. The van der Waals surface area contributed by atoms with Crippen LogP contribution in [-0.4, -0.2) is 49.2 Å². The van der Waals surface area contributed by atoms with E-state index in [-0.39, 0.29) is 24.7 Å². The lowest BCUT2D eigenvalue weighted by Crippen LogP contribution is -2.33. The van der Waals surface area contributed by atoms with Gasteiger partial charge in [-0.15, -0.1) is 0 Å². The van der Waals surface area contributed by atoms with Crippen molar-refractivity contribution >= 4 is 10.0 Å². The zero-order valence-electron chi connectivity index (χ0n) is 11.6. The van der Waals surface area contributed by atoms with Gasteiger partial charge in [-0.25, -0.2) is 8.42 Å². The van der Waals surface area contributed by atoms with Gasteiger partial charge < -0.3 is 10.2 Å². The molecule has 0 spiro atoms. The summed E-state index contributed by atoms with van der Waals surface area (Å²) in [6, 6.07) is 4.66. The minimum atomic E-state index is -3.60. The number of nitrogens with zero attached hydrogens (tertiary/aromatic N) is 1. The maximum atomic E-state index is 12.4. The quantitative estimate of drug-likeness (QED) is 0.768. The number of sulfonamides is 1. The van der Waals surface area contributed by atoms with E-state index >= 15 is 0 Å². The average Bonchev–Trinajstić information content (AvgIpc) is 2.43. The molecule has 0 heterocycles. The van der Waals surface area contributed by atoms with E-state index in [4.69, 9.17) is 10.2 Å². The lowest BCUT2D eigenvalue weighted by Gasteiger charge is -2.19. The molecule has 0 aliphatic rings. The average molecular weight is 297 g/mol. The third kappa shape index (κ3) is 3.81. The Balaban J connectivity index is 3.17. The Labute approximate surface area is 119 Å². The summed E-state index contributed by atoms with van der Waals surface area (Å²) in [5, 5.41) is 17.6. The Kier molecular flexibility index (Phi) is 6.17. The van der Waals surface area contributed by atoms with Gasteiger partial charge in [0.25, 0.3) is 0 Å². The SMILES string of the molecule is CCN(CCO)S(=O)(=O)c1ccc(C#CCO)c(C)c1. The van der Waals surface area contributed by atoms with Gasteiger partial charge in [-0.2, -0.15) is 4.31 Å². The molecule has 0 unspecified atom stereocenters. The molecular formula is C14H19NO4S. The molecule has 0 radical (unpaired) electrons. The molecule has 0 amide bonds. The van der Waals surface area contributed by atoms with Crippen LogP contribution in [0.4, 0.5) is 0 Å². The van der Waals surface area contributed by atoms with Crippen LogP contribution in [0.25, 0.3) is 0 Å². The molecule has 1 aromatic rings. The molecule has 1 aromatic carbocycles. The fourth-order valence-corrected chi connectivity index (χ4v) is 3.31. The molecular weight excluding hydrogens is 278 g/mol. The van der Waals surface area contributed by atoms with Gasteiger partial charge in [0.2, 0.25) is 10.0 Å². The fourth-order valence-electron chi connectivity index (χ4n) is 1.78. The van der Waals surface area contributed by atoms with Gasteiger partial charge in [0.05, 0.1) is 11.5 Å². The van der Waals surface area contributed by atoms with Crippen molar-refractivity contribution in [2.45, 2.75) is 18.7 Å². The molecule has 0 aliphatic heterocycles. The second-order valence-electron chi connectivity index (χ2n) is 4.16. The van der Waals surface area contributed by atoms with Gasteiger partial charge in [0.1, 0.15) is 6.61 Å². The third-order valence-electron chi connectivity index (χ3n) is 2.84. The molecule has 5 nitrogen and oxygen atoms in total. The standard InChI is InChI=1S/C14H19NO4S/c1-3-15(8-10-17)20(18,19)14-7-6-13(5-4-9-16)12(2)11-14/h6-7,11,16-17H,3,8-10H2,1-2H3. The van der Waals surface area contributed by atoms with Crippen molar-refractivity contribution in [3.05, 3.63) is 29.3 Å². The maximum absolute atomic E-state index is 12.4. The minimum absolute atomic E-state index is 0.0734. The number of likely N-dealkylation sites (N-methyl/N-ethyl adjacent to an activating group) is 1. The molecule has 0 saturated heterocycles. The zero-order valence-corrected chi connectivity index (χ0v) is 12.4. The van der Waals surface area contributed by atoms with Gasteiger partial charge in [-0.05, 0) is 30.7 Å². The minimum Gasteiger partial charge on any atom is -0.395 e. The van der Waals surface area contributed by atoms with E-state index in [1.807, 2.05) is 0 Å². The summed E-state index contributed by atoms with van der Waals surface area (Å²) in [4.78, 5) is 0.180. The molecule has 1 rings (SSSR count). The second kappa shape index (κ2) is 7.41. The van der Waals surface area contributed by atoms with E-state index in [2.05, 4.69) is 11.8 Å². The van der Waals surface area contributed by atoms with Crippen LogP contribution < -0.4 is 0 Å². The predicted octanol–water partition coefficient (Wildman–Crippen LogP) is 0.342.